The van der Waals surface area contributed by atoms with Crippen molar-refractivity contribution in [3.8, 4) is 0 Å². The van der Waals surface area contributed by atoms with Gasteiger partial charge in [-0.3, -0.25) is 10.1 Å². The minimum absolute atomic E-state index is 0.0104. The molecule has 1 aliphatic rings. The van der Waals surface area contributed by atoms with Gasteiger partial charge < -0.3 is 21.1 Å². The lowest BCUT2D eigenvalue weighted by atomic mass is 10.2. The minimum Gasteiger partial charge on any atom is -0.378 e. The first-order valence-electron chi connectivity index (χ1n) is 8.18. The maximum absolute atomic E-state index is 11.3. The van der Waals surface area contributed by atoms with Gasteiger partial charge in [-0.15, -0.1) is 0 Å². The molecule has 1 unspecified atom stereocenters. The average molecular weight is 379 g/mol. The first-order chi connectivity index (χ1) is 12.5. The Morgan fingerprint density at radius 3 is 2.73 bits per heavy atom. The standard InChI is InChI=1S/C16H19ClN6O3/c17-11-5-3-10(4-6-11)8-20-16-21-14(18)13(23(24)25)15(22-16)19-9-12-2-1-7-26-12/h3-6,12H,1-2,7-9H2,(H4,18,19,20,21,22). The molecular formula is C16H19ClN6O3. The summed E-state index contributed by atoms with van der Waals surface area (Å²) in [7, 11) is 0. The largest absolute Gasteiger partial charge is 0.378 e. The van der Waals surface area contributed by atoms with Crippen LogP contribution in [0.4, 0.5) is 23.3 Å². The monoisotopic (exact) mass is 378 g/mol. The lowest BCUT2D eigenvalue weighted by Gasteiger charge is -2.13. The van der Waals surface area contributed by atoms with Crippen LogP contribution in [0.2, 0.25) is 5.02 Å². The number of nitrogens with one attached hydrogen (secondary N) is 2. The summed E-state index contributed by atoms with van der Waals surface area (Å²) in [5.74, 6) is 0.0907. The van der Waals surface area contributed by atoms with Gasteiger partial charge in [0.05, 0.1) is 11.0 Å². The maximum atomic E-state index is 11.3. The first-order valence-corrected chi connectivity index (χ1v) is 8.56. The lowest BCUT2D eigenvalue weighted by molar-refractivity contribution is -0.383. The number of nitrogens with two attached hydrogens (primary N) is 1. The fraction of sp³-hybridized carbons (Fsp3) is 0.375. The second-order valence-corrected chi connectivity index (χ2v) is 6.32. The number of rotatable bonds is 7. The van der Waals surface area contributed by atoms with Crippen molar-refractivity contribution in [3.63, 3.8) is 0 Å². The molecule has 26 heavy (non-hydrogen) atoms. The lowest BCUT2D eigenvalue weighted by Crippen LogP contribution is -2.20. The number of aromatic nitrogens is 2. The summed E-state index contributed by atoms with van der Waals surface area (Å²) >= 11 is 5.86. The summed E-state index contributed by atoms with van der Waals surface area (Å²) in [4.78, 5) is 18.9. The third-order valence-electron chi connectivity index (χ3n) is 3.98. The number of hydrogen-bond donors (Lipinski definition) is 3. The molecule has 2 heterocycles. The Bertz CT molecular complexity index is 780. The van der Waals surface area contributed by atoms with E-state index in [-0.39, 0.29) is 29.4 Å². The van der Waals surface area contributed by atoms with Gasteiger partial charge in [-0.05, 0) is 30.5 Å². The van der Waals surface area contributed by atoms with Crippen LogP contribution >= 0.6 is 11.6 Å². The Hall–Kier alpha value is -2.65. The number of hydrogen-bond acceptors (Lipinski definition) is 8. The highest BCUT2D eigenvalue weighted by Crippen LogP contribution is 2.29. The van der Waals surface area contributed by atoms with E-state index < -0.39 is 4.92 Å². The van der Waals surface area contributed by atoms with Crippen molar-refractivity contribution >= 4 is 34.9 Å². The van der Waals surface area contributed by atoms with Gasteiger partial charge in [0.2, 0.25) is 17.6 Å². The van der Waals surface area contributed by atoms with Crippen molar-refractivity contribution in [3.05, 3.63) is 45.0 Å². The second-order valence-electron chi connectivity index (χ2n) is 5.88. The van der Waals surface area contributed by atoms with E-state index in [0.717, 1.165) is 18.4 Å². The zero-order chi connectivity index (χ0) is 18.5. The van der Waals surface area contributed by atoms with E-state index in [1.54, 1.807) is 12.1 Å². The van der Waals surface area contributed by atoms with Gasteiger partial charge in [0.1, 0.15) is 0 Å². The molecule has 4 N–H and O–H groups in total. The zero-order valence-electron chi connectivity index (χ0n) is 13.9. The fourth-order valence-corrected chi connectivity index (χ4v) is 2.78. The van der Waals surface area contributed by atoms with Gasteiger partial charge in [0.25, 0.3) is 0 Å². The van der Waals surface area contributed by atoms with Crippen LogP contribution in [0.5, 0.6) is 0 Å². The van der Waals surface area contributed by atoms with Crippen LogP contribution in [0.1, 0.15) is 18.4 Å². The molecule has 1 fully saturated rings. The van der Waals surface area contributed by atoms with Crippen LogP contribution in [0.3, 0.4) is 0 Å². The Morgan fingerprint density at radius 2 is 2.08 bits per heavy atom. The quantitative estimate of drug-likeness (QED) is 0.495. The highest BCUT2D eigenvalue weighted by atomic mass is 35.5. The molecule has 3 rings (SSSR count). The van der Waals surface area contributed by atoms with Gasteiger partial charge in [-0.25, -0.2) is 0 Å². The maximum Gasteiger partial charge on any atom is 0.353 e. The van der Waals surface area contributed by atoms with Crippen molar-refractivity contribution in [2.75, 3.05) is 29.5 Å². The van der Waals surface area contributed by atoms with Crippen LogP contribution in [0.15, 0.2) is 24.3 Å². The average Bonchev–Trinajstić information content (AvgIpc) is 3.12. The predicted octanol–water partition coefficient (Wildman–Crippen LogP) is 2.82. The van der Waals surface area contributed by atoms with Crippen molar-refractivity contribution < 1.29 is 9.66 Å². The SMILES string of the molecule is Nc1nc(NCc2ccc(Cl)cc2)nc(NCC2CCCO2)c1[N+](=O)[O-]. The summed E-state index contributed by atoms with van der Waals surface area (Å²) in [5.41, 5.74) is 6.40. The smallest absolute Gasteiger partial charge is 0.353 e. The Balaban J connectivity index is 1.74. The molecule has 2 aromatic rings. The van der Waals surface area contributed by atoms with Crippen LogP contribution < -0.4 is 16.4 Å². The van der Waals surface area contributed by atoms with E-state index in [9.17, 15) is 10.1 Å². The molecule has 0 radical (unpaired) electrons. The van der Waals surface area contributed by atoms with Crippen molar-refractivity contribution in [2.24, 2.45) is 0 Å². The van der Waals surface area contributed by atoms with Crippen LogP contribution in [0, 0.1) is 10.1 Å². The highest BCUT2D eigenvalue weighted by Gasteiger charge is 2.24. The molecule has 1 aliphatic heterocycles. The molecule has 0 amide bonds. The minimum atomic E-state index is -0.587. The zero-order valence-corrected chi connectivity index (χ0v) is 14.7. The summed E-state index contributed by atoms with van der Waals surface area (Å²) in [6.45, 7) is 1.56. The summed E-state index contributed by atoms with van der Waals surface area (Å²) in [5, 5.41) is 17.9. The summed E-state index contributed by atoms with van der Waals surface area (Å²) in [6, 6.07) is 7.28. The second kappa shape index (κ2) is 8.15. The molecule has 1 saturated heterocycles. The molecule has 1 aromatic carbocycles. The number of halogens is 1. The molecule has 10 heteroatoms. The van der Waals surface area contributed by atoms with E-state index in [0.29, 0.717) is 24.7 Å². The summed E-state index contributed by atoms with van der Waals surface area (Å²) < 4.78 is 5.52. The van der Waals surface area contributed by atoms with Gasteiger partial charge in [-0.2, -0.15) is 9.97 Å². The molecule has 138 valence electrons. The number of anilines is 3. The third-order valence-corrected chi connectivity index (χ3v) is 4.23. The first kappa shape index (κ1) is 18.2. The predicted molar refractivity (Wildman–Crippen MR) is 99.3 cm³/mol. The Labute approximate surface area is 155 Å². The molecule has 9 nitrogen and oxygen atoms in total. The molecule has 0 aliphatic carbocycles. The summed E-state index contributed by atoms with van der Waals surface area (Å²) in [6.07, 6.45) is 1.90. The number of benzene rings is 1. The number of nitrogens with zero attached hydrogens (tertiary/aromatic N) is 3. The van der Waals surface area contributed by atoms with E-state index >= 15 is 0 Å². The van der Waals surface area contributed by atoms with Crippen molar-refractivity contribution in [1.82, 2.24) is 9.97 Å². The molecule has 0 bridgehead atoms. The van der Waals surface area contributed by atoms with E-state index in [4.69, 9.17) is 22.1 Å². The van der Waals surface area contributed by atoms with Gasteiger partial charge in [0.15, 0.2) is 0 Å². The van der Waals surface area contributed by atoms with Gasteiger partial charge in [-0.1, -0.05) is 23.7 Å². The molecule has 0 saturated carbocycles. The number of nitro groups is 1. The molecule has 1 aromatic heterocycles. The van der Waals surface area contributed by atoms with E-state index in [1.807, 2.05) is 12.1 Å². The fourth-order valence-electron chi connectivity index (χ4n) is 2.65. The normalized spacial score (nSPS) is 16.4. The van der Waals surface area contributed by atoms with Crippen LogP contribution in [-0.2, 0) is 11.3 Å². The number of nitrogen functional groups attached to an aromatic ring is 1. The third kappa shape index (κ3) is 4.50. The topological polar surface area (TPSA) is 128 Å². The van der Waals surface area contributed by atoms with Gasteiger partial charge in [0, 0.05) is 24.7 Å². The molecular weight excluding hydrogens is 360 g/mol. The van der Waals surface area contributed by atoms with Crippen LogP contribution in [-0.4, -0.2) is 34.1 Å². The highest BCUT2D eigenvalue weighted by molar-refractivity contribution is 6.30. The van der Waals surface area contributed by atoms with Crippen LogP contribution in [0.25, 0.3) is 0 Å². The van der Waals surface area contributed by atoms with E-state index in [2.05, 4.69) is 20.6 Å². The molecule has 0 spiro atoms. The Morgan fingerprint density at radius 1 is 1.31 bits per heavy atom. The van der Waals surface area contributed by atoms with Crippen molar-refractivity contribution in [1.29, 1.82) is 0 Å². The Kier molecular flexibility index (Phi) is 5.69. The number of ether oxygens (including phenoxy) is 1. The molecule has 1 atom stereocenters. The van der Waals surface area contributed by atoms with Crippen molar-refractivity contribution in [2.45, 2.75) is 25.5 Å². The van der Waals surface area contributed by atoms with E-state index in [1.165, 1.54) is 0 Å². The van der Waals surface area contributed by atoms with Gasteiger partial charge >= 0.3 is 5.69 Å².